The zero-order chi connectivity index (χ0) is 39.3. The van der Waals surface area contributed by atoms with E-state index < -0.39 is 26.6 Å². The molecule has 3 unspecified atom stereocenters. The minimum absolute atomic E-state index is 0.0128. The van der Waals surface area contributed by atoms with Crippen LogP contribution in [0.1, 0.15) is 174 Å². The van der Waals surface area contributed by atoms with Crippen LogP contribution in [0.25, 0.3) is 0 Å². The smallest absolute Gasteiger partial charge is 0.268 e. The van der Waals surface area contributed by atoms with Crippen LogP contribution < -0.4 is 10.2 Å². The molecule has 0 heterocycles. The van der Waals surface area contributed by atoms with Crippen molar-refractivity contribution >= 4 is 13.7 Å². The predicted octanol–water partition coefficient (Wildman–Crippen LogP) is 11.1. The zero-order valence-electron chi connectivity index (χ0n) is 35.0. The first-order valence-electron chi connectivity index (χ1n) is 21.5. The van der Waals surface area contributed by atoms with Gasteiger partial charge in [-0.1, -0.05) is 146 Å². The second kappa shape index (κ2) is 36.1. The van der Waals surface area contributed by atoms with Crippen LogP contribution in [-0.4, -0.2) is 68.5 Å². The van der Waals surface area contributed by atoms with Crippen LogP contribution in [0, 0.1) is 0 Å². The highest BCUT2D eigenvalue weighted by Crippen LogP contribution is 2.38. The lowest BCUT2D eigenvalue weighted by Gasteiger charge is -2.29. The van der Waals surface area contributed by atoms with E-state index in [1.54, 1.807) is 6.08 Å². The molecule has 2 N–H and O–H groups in total. The minimum atomic E-state index is -4.60. The molecule has 3 atom stereocenters. The molecule has 0 aliphatic heterocycles. The van der Waals surface area contributed by atoms with Gasteiger partial charge in [0.25, 0.3) is 7.82 Å². The first kappa shape index (κ1) is 51.5. The monoisotopic (exact) mass is 767 g/mol. The van der Waals surface area contributed by atoms with Crippen molar-refractivity contribution in [2.45, 2.75) is 187 Å². The number of amides is 1. The SMILES string of the molecule is CCCCCCCC/C=C\CCCCCC(=O)NC(COP(=O)([O-])OCC[N+](C)(C)C)C(O)/C=C/CC/C=C/CC/C=C/CCCCCCCCCC. The largest absolute Gasteiger partial charge is 0.756 e. The fraction of sp³-hybridized carbons (Fsp3) is 0.795. The van der Waals surface area contributed by atoms with Gasteiger partial charge >= 0.3 is 0 Å². The number of carbonyl (C=O) groups is 1. The Morgan fingerprint density at radius 2 is 1.06 bits per heavy atom. The van der Waals surface area contributed by atoms with Crippen molar-refractivity contribution < 1.29 is 32.9 Å². The summed E-state index contributed by atoms with van der Waals surface area (Å²) in [5.74, 6) is -0.230. The maximum absolute atomic E-state index is 12.8. The lowest BCUT2D eigenvalue weighted by molar-refractivity contribution is -0.870. The number of nitrogens with one attached hydrogen (secondary N) is 1. The van der Waals surface area contributed by atoms with Crippen molar-refractivity contribution in [2.24, 2.45) is 0 Å². The third-order valence-electron chi connectivity index (χ3n) is 9.24. The predicted molar refractivity (Wildman–Crippen MR) is 224 cm³/mol. The highest BCUT2D eigenvalue weighted by molar-refractivity contribution is 7.45. The number of quaternary nitrogens is 1. The van der Waals surface area contributed by atoms with Crippen molar-refractivity contribution in [1.82, 2.24) is 5.32 Å². The number of aliphatic hydroxyl groups is 1. The highest BCUT2D eigenvalue weighted by atomic mass is 31.2. The van der Waals surface area contributed by atoms with Crippen molar-refractivity contribution in [3.63, 3.8) is 0 Å². The van der Waals surface area contributed by atoms with Gasteiger partial charge in [0.05, 0.1) is 39.9 Å². The number of likely N-dealkylation sites (N-methyl/N-ethyl adjacent to an activating group) is 1. The second-order valence-electron chi connectivity index (χ2n) is 15.7. The molecule has 53 heavy (non-hydrogen) atoms. The van der Waals surface area contributed by atoms with Crippen LogP contribution in [0.4, 0.5) is 0 Å². The zero-order valence-corrected chi connectivity index (χ0v) is 35.8. The number of unbranched alkanes of at least 4 members (excludes halogenated alkanes) is 19. The summed E-state index contributed by atoms with van der Waals surface area (Å²) in [5.41, 5.74) is 0. The fourth-order valence-corrected chi connectivity index (χ4v) is 6.49. The third-order valence-corrected chi connectivity index (χ3v) is 10.2. The molecule has 0 bridgehead atoms. The quantitative estimate of drug-likeness (QED) is 0.0280. The van der Waals surface area contributed by atoms with E-state index >= 15 is 0 Å². The van der Waals surface area contributed by atoms with E-state index in [9.17, 15) is 19.4 Å². The summed E-state index contributed by atoms with van der Waals surface area (Å²) in [4.78, 5) is 25.2. The Morgan fingerprint density at radius 3 is 1.53 bits per heavy atom. The van der Waals surface area contributed by atoms with Gasteiger partial charge in [-0.15, -0.1) is 0 Å². The van der Waals surface area contributed by atoms with E-state index in [-0.39, 0.29) is 12.5 Å². The Balaban J connectivity index is 4.57. The van der Waals surface area contributed by atoms with Crippen LogP contribution in [0.15, 0.2) is 48.6 Å². The standard InChI is InChI=1S/C44H83N2O6P/c1-6-8-10-12-14-16-18-20-21-22-23-24-26-27-29-31-33-35-37-43(47)42(41-52-53(49,50)51-40-39-46(3,4)5)45-44(48)38-36-34-32-30-28-25-19-17-15-13-11-9-7-2/h22-23,25,27-29,35,37,42-43,47H,6-21,24,26,30-34,36,38-41H2,1-5H3,(H-,45,48,49,50)/b23-22+,28-25-,29-27+,37-35+. The van der Waals surface area contributed by atoms with Crippen molar-refractivity contribution in [2.75, 3.05) is 40.9 Å². The van der Waals surface area contributed by atoms with E-state index in [1.165, 1.54) is 96.3 Å². The molecular formula is C44H83N2O6P. The number of rotatable bonds is 38. The topological polar surface area (TPSA) is 108 Å². The summed E-state index contributed by atoms with van der Waals surface area (Å²) >= 11 is 0. The molecule has 8 nitrogen and oxygen atoms in total. The first-order chi connectivity index (χ1) is 25.5. The first-order valence-corrected chi connectivity index (χ1v) is 23.0. The molecule has 0 aliphatic carbocycles. The normalized spacial score (nSPS) is 14.9. The molecule has 0 aromatic rings. The molecule has 9 heteroatoms. The molecule has 1 amide bonds. The van der Waals surface area contributed by atoms with E-state index in [4.69, 9.17) is 9.05 Å². The summed E-state index contributed by atoms with van der Waals surface area (Å²) in [6, 6.07) is -0.916. The van der Waals surface area contributed by atoms with Crippen molar-refractivity contribution in [3.05, 3.63) is 48.6 Å². The molecule has 0 aromatic heterocycles. The molecule has 0 aromatic carbocycles. The Morgan fingerprint density at radius 1 is 0.642 bits per heavy atom. The molecule has 0 spiro atoms. The van der Waals surface area contributed by atoms with Crippen LogP contribution in [-0.2, 0) is 18.4 Å². The van der Waals surface area contributed by atoms with E-state index in [0.717, 1.165) is 57.8 Å². The molecule has 0 aliphatic rings. The van der Waals surface area contributed by atoms with Gasteiger partial charge < -0.3 is 28.8 Å². The Hall–Kier alpha value is -1.54. The molecule has 0 saturated heterocycles. The summed E-state index contributed by atoms with van der Waals surface area (Å²) in [6.45, 7) is 4.57. The summed E-state index contributed by atoms with van der Waals surface area (Å²) in [5, 5.41) is 13.7. The van der Waals surface area contributed by atoms with Gasteiger partial charge in [0.2, 0.25) is 5.91 Å². The number of allylic oxidation sites excluding steroid dienone is 7. The molecule has 0 fully saturated rings. The number of hydrogen-bond acceptors (Lipinski definition) is 6. The van der Waals surface area contributed by atoms with Gasteiger partial charge in [0, 0.05) is 6.42 Å². The molecule has 0 rings (SSSR count). The van der Waals surface area contributed by atoms with E-state index in [1.807, 2.05) is 27.2 Å². The Bertz CT molecular complexity index is 1010. The van der Waals surface area contributed by atoms with Crippen molar-refractivity contribution in [3.8, 4) is 0 Å². The third kappa shape index (κ3) is 38.5. The van der Waals surface area contributed by atoms with Gasteiger partial charge in [0.15, 0.2) is 0 Å². The van der Waals surface area contributed by atoms with E-state index in [2.05, 4.69) is 55.6 Å². The maximum atomic E-state index is 12.8. The van der Waals surface area contributed by atoms with Crippen LogP contribution in [0.5, 0.6) is 0 Å². The average Bonchev–Trinajstić information content (AvgIpc) is 3.10. The van der Waals surface area contributed by atoms with Gasteiger partial charge in [-0.05, 0) is 70.6 Å². The average molecular weight is 767 g/mol. The molecule has 0 radical (unpaired) electrons. The van der Waals surface area contributed by atoms with E-state index in [0.29, 0.717) is 17.4 Å². The fourth-order valence-electron chi connectivity index (χ4n) is 5.76. The number of phosphoric acid groups is 1. The highest BCUT2D eigenvalue weighted by Gasteiger charge is 2.23. The lowest BCUT2D eigenvalue weighted by atomic mass is 10.1. The minimum Gasteiger partial charge on any atom is -0.756 e. The lowest BCUT2D eigenvalue weighted by Crippen LogP contribution is -2.45. The molecular weight excluding hydrogens is 683 g/mol. The summed E-state index contributed by atoms with van der Waals surface area (Å²) in [7, 11) is 1.22. The van der Waals surface area contributed by atoms with Gasteiger partial charge in [0.1, 0.15) is 13.2 Å². The van der Waals surface area contributed by atoms with Crippen LogP contribution >= 0.6 is 7.82 Å². The van der Waals surface area contributed by atoms with Crippen LogP contribution in [0.2, 0.25) is 0 Å². The second-order valence-corrected chi connectivity index (χ2v) is 17.1. The maximum Gasteiger partial charge on any atom is 0.268 e. The Labute approximate surface area is 327 Å². The number of carbonyl (C=O) groups excluding carboxylic acids is 1. The van der Waals surface area contributed by atoms with Gasteiger partial charge in [-0.3, -0.25) is 9.36 Å². The molecule has 0 saturated carbocycles. The van der Waals surface area contributed by atoms with Crippen LogP contribution in [0.3, 0.4) is 0 Å². The summed E-state index contributed by atoms with van der Waals surface area (Å²) < 4.78 is 23.1. The number of hydrogen-bond donors (Lipinski definition) is 2. The summed E-state index contributed by atoms with van der Waals surface area (Å²) in [6.07, 6.45) is 44.4. The van der Waals surface area contributed by atoms with Crippen molar-refractivity contribution in [1.29, 1.82) is 0 Å². The number of aliphatic hydroxyl groups excluding tert-OH is 1. The van der Waals surface area contributed by atoms with Gasteiger partial charge in [-0.2, -0.15) is 0 Å². The number of phosphoric ester groups is 1. The van der Waals surface area contributed by atoms with Gasteiger partial charge in [-0.25, -0.2) is 0 Å². The molecule has 310 valence electrons. The number of nitrogens with zero attached hydrogens (tertiary/aromatic N) is 1. The Kier molecular flexibility index (Phi) is 35.1.